The van der Waals surface area contributed by atoms with Crippen LogP contribution in [0.4, 0.5) is 13.2 Å². The average Bonchev–Trinajstić information content (AvgIpc) is 2.99. The smallest absolute Gasteiger partial charge is 0.352 e. The summed E-state index contributed by atoms with van der Waals surface area (Å²) in [5.74, 6) is -0.315. The standard InChI is InChI=1S/C10H11BrF3N3O/c1-5-8(11)9(10(12,13)14)16-17(5)4-7(18)15-6-2-3-6/h6H,2-4H2,1H3,(H,15,18). The molecule has 1 heterocycles. The Morgan fingerprint density at radius 1 is 1.56 bits per heavy atom. The molecule has 18 heavy (non-hydrogen) atoms. The van der Waals surface area contributed by atoms with Gasteiger partial charge in [0.05, 0.1) is 10.2 Å². The molecule has 0 atom stereocenters. The van der Waals surface area contributed by atoms with Crippen LogP contribution in [0.25, 0.3) is 0 Å². The van der Waals surface area contributed by atoms with Gasteiger partial charge < -0.3 is 5.32 Å². The molecule has 8 heteroatoms. The third-order valence-electron chi connectivity index (χ3n) is 2.64. The van der Waals surface area contributed by atoms with Gasteiger partial charge in [0.1, 0.15) is 6.54 Å². The molecule has 0 aromatic carbocycles. The van der Waals surface area contributed by atoms with Crippen molar-refractivity contribution in [3.63, 3.8) is 0 Å². The Balaban J connectivity index is 2.15. The van der Waals surface area contributed by atoms with Gasteiger partial charge in [0.25, 0.3) is 0 Å². The summed E-state index contributed by atoms with van der Waals surface area (Å²) in [6, 6.07) is 0.180. The van der Waals surface area contributed by atoms with Gasteiger partial charge in [-0.15, -0.1) is 0 Å². The second kappa shape index (κ2) is 4.56. The molecule has 1 fully saturated rings. The molecule has 1 aromatic heterocycles. The van der Waals surface area contributed by atoms with Crippen molar-refractivity contribution in [2.24, 2.45) is 0 Å². The number of hydrogen-bond acceptors (Lipinski definition) is 2. The van der Waals surface area contributed by atoms with Crippen molar-refractivity contribution in [3.8, 4) is 0 Å². The summed E-state index contributed by atoms with van der Waals surface area (Å²) in [5.41, 5.74) is -0.715. The van der Waals surface area contributed by atoms with Crippen LogP contribution in [-0.4, -0.2) is 21.7 Å². The van der Waals surface area contributed by atoms with Gasteiger partial charge in [-0.25, -0.2) is 0 Å². The van der Waals surface area contributed by atoms with Crippen LogP contribution in [0.5, 0.6) is 0 Å². The van der Waals surface area contributed by atoms with Gasteiger partial charge in [-0.3, -0.25) is 9.48 Å². The molecular formula is C10H11BrF3N3O. The largest absolute Gasteiger partial charge is 0.436 e. The molecule has 1 N–H and O–H groups in total. The van der Waals surface area contributed by atoms with Crippen LogP contribution in [0.3, 0.4) is 0 Å². The highest BCUT2D eigenvalue weighted by Gasteiger charge is 2.38. The van der Waals surface area contributed by atoms with Crippen LogP contribution < -0.4 is 5.32 Å². The zero-order chi connectivity index (χ0) is 13.5. The highest BCUT2D eigenvalue weighted by Crippen LogP contribution is 2.35. The van der Waals surface area contributed by atoms with E-state index in [-0.39, 0.29) is 28.7 Å². The summed E-state index contributed by atoms with van der Waals surface area (Å²) in [4.78, 5) is 11.5. The second-order valence-corrected chi connectivity index (χ2v) is 5.04. The van der Waals surface area contributed by atoms with Crippen molar-refractivity contribution in [3.05, 3.63) is 15.9 Å². The van der Waals surface area contributed by atoms with E-state index in [1.807, 2.05) is 0 Å². The Morgan fingerprint density at radius 2 is 2.17 bits per heavy atom. The Morgan fingerprint density at radius 3 is 2.61 bits per heavy atom. The predicted octanol–water partition coefficient (Wildman–Crippen LogP) is 2.25. The molecule has 1 aliphatic carbocycles. The lowest BCUT2D eigenvalue weighted by Gasteiger charge is -2.05. The number of rotatable bonds is 3. The van der Waals surface area contributed by atoms with Crippen molar-refractivity contribution < 1.29 is 18.0 Å². The predicted molar refractivity (Wildman–Crippen MR) is 60.8 cm³/mol. The molecule has 0 unspecified atom stereocenters. The summed E-state index contributed by atoms with van der Waals surface area (Å²) in [6.45, 7) is 1.29. The van der Waals surface area contributed by atoms with E-state index in [4.69, 9.17) is 0 Å². The van der Waals surface area contributed by atoms with E-state index in [2.05, 4.69) is 26.3 Å². The van der Waals surface area contributed by atoms with E-state index in [0.29, 0.717) is 0 Å². The third kappa shape index (κ3) is 2.85. The number of aromatic nitrogens is 2. The van der Waals surface area contributed by atoms with Gasteiger partial charge in [0.2, 0.25) is 5.91 Å². The molecule has 100 valence electrons. The second-order valence-electron chi connectivity index (χ2n) is 4.25. The Kier molecular flexibility index (Phi) is 3.39. The van der Waals surface area contributed by atoms with Gasteiger partial charge >= 0.3 is 6.18 Å². The highest BCUT2D eigenvalue weighted by molar-refractivity contribution is 9.10. The first-order chi connectivity index (χ1) is 8.29. The number of nitrogens with zero attached hydrogens (tertiary/aromatic N) is 2. The van der Waals surface area contributed by atoms with E-state index < -0.39 is 11.9 Å². The van der Waals surface area contributed by atoms with E-state index in [9.17, 15) is 18.0 Å². The molecule has 0 spiro atoms. The van der Waals surface area contributed by atoms with Crippen LogP contribution in [0.2, 0.25) is 0 Å². The minimum Gasteiger partial charge on any atom is -0.352 e. The zero-order valence-corrected chi connectivity index (χ0v) is 11.1. The number of alkyl halides is 3. The molecule has 4 nitrogen and oxygen atoms in total. The lowest BCUT2D eigenvalue weighted by atomic mass is 10.3. The molecule has 0 saturated heterocycles. The Labute approximate surface area is 110 Å². The molecule has 1 aromatic rings. The van der Waals surface area contributed by atoms with Crippen LogP contribution in [0, 0.1) is 6.92 Å². The molecular weight excluding hydrogens is 315 g/mol. The van der Waals surface area contributed by atoms with Crippen LogP contribution in [-0.2, 0) is 17.5 Å². The number of halogens is 4. The van der Waals surface area contributed by atoms with Crippen molar-refractivity contribution >= 4 is 21.8 Å². The molecule has 2 rings (SSSR count). The fourth-order valence-corrected chi connectivity index (χ4v) is 2.01. The average molecular weight is 326 g/mol. The van der Waals surface area contributed by atoms with Crippen LogP contribution in [0.15, 0.2) is 4.47 Å². The van der Waals surface area contributed by atoms with Gasteiger partial charge in [-0.2, -0.15) is 18.3 Å². The molecule has 1 amide bonds. The van der Waals surface area contributed by atoms with E-state index >= 15 is 0 Å². The topological polar surface area (TPSA) is 46.9 Å². The molecule has 0 aliphatic heterocycles. The van der Waals surface area contributed by atoms with Crippen LogP contribution in [0.1, 0.15) is 24.2 Å². The van der Waals surface area contributed by atoms with Crippen molar-refractivity contribution in [1.29, 1.82) is 0 Å². The first-order valence-electron chi connectivity index (χ1n) is 5.38. The first-order valence-corrected chi connectivity index (χ1v) is 6.18. The van der Waals surface area contributed by atoms with E-state index in [1.165, 1.54) is 6.92 Å². The SMILES string of the molecule is Cc1c(Br)c(C(F)(F)F)nn1CC(=O)NC1CC1. The number of carbonyl (C=O) groups is 1. The molecule has 0 bridgehead atoms. The van der Waals surface area contributed by atoms with Gasteiger partial charge in [-0.05, 0) is 35.7 Å². The Bertz CT molecular complexity index is 479. The number of carbonyl (C=O) groups excluding carboxylic acids is 1. The number of amides is 1. The van der Waals surface area contributed by atoms with Gasteiger partial charge in [0.15, 0.2) is 5.69 Å². The minimum absolute atomic E-state index is 0.116. The maximum Gasteiger partial charge on any atom is 0.436 e. The highest BCUT2D eigenvalue weighted by atomic mass is 79.9. The fraction of sp³-hybridized carbons (Fsp3) is 0.600. The monoisotopic (exact) mass is 325 g/mol. The van der Waals surface area contributed by atoms with E-state index in [1.54, 1.807) is 0 Å². The summed E-state index contributed by atoms with van der Waals surface area (Å²) in [7, 11) is 0. The zero-order valence-electron chi connectivity index (χ0n) is 9.51. The maximum absolute atomic E-state index is 12.6. The summed E-state index contributed by atoms with van der Waals surface area (Å²) in [5, 5.41) is 6.13. The number of hydrogen-bond donors (Lipinski definition) is 1. The number of nitrogens with one attached hydrogen (secondary N) is 1. The minimum atomic E-state index is -4.53. The molecule has 1 aliphatic rings. The lowest BCUT2D eigenvalue weighted by Crippen LogP contribution is -2.30. The quantitative estimate of drug-likeness (QED) is 0.926. The van der Waals surface area contributed by atoms with Crippen molar-refractivity contribution in [2.75, 3.05) is 0 Å². The summed E-state index contributed by atoms with van der Waals surface area (Å²) in [6.07, 6.45) is -2.66. The fourth-order valence-electron chi connectivity index (χ4n) is 1.50. The summed E-state index contributed by atoms with van der Waals surface area (Å²) < 4.78 is 38.7. The summed E-state index contributed by atoms with van der Waals surface area (Å²) >= 11 is 2.85. The first kappa shape index (κ1) is 13.4. The van der Waals surface area contributed by atoms with E-state index in [0.717, 1.165) is 17.5 Å². The molecule has 0 radical (unpaired) electrons. The van der Waals surface area contributed by atoms with Gasteiger partial charge in [-0.1, -0.05) is 0 Å². The lowest BCUT2D eigenvalue weighted by molar-refractivity contribution is -0.142. The Hall–Kier alpha value is -1.05. The maximum atomic E-state index is 12.6. The van der Waals surface area contributed by atoms with Crippen molar-refractivity contribution in [2.45, 2.75) is 38.5 Å². The molecule has 1 saturated carbocycles. The normalized spacial score (nSPS) is 15.8. The van der Waals surface area contributed by atoms with Gasteiger partial charge in [0, 0.05) is 6.04 Å². The van der Waals surface area contributed by atoms with Crippen LogP contribution >= 0.6 is 15.9 Å². The third-order valence-corrected chi connectivity index (χ3v) is 3.59. The van der Waals surface area contributed by atoms with Crippen molar-refractivity contribution in [1.82, 2.24) is 15.1 Å².